The Morgan fingerprint density at radius 3 is 2.33 bits per heavy atom. The van der Waals surface area contributed by atoms with Crippen LogP contribution in [0.5, 0.6) is 0 Å². The molecule has 1 N–H and O–H groups in total. The highest BCUT2D eigenvalue weighted by molar-refractivity contribution is 5.94. The molecule has 0 fully saturated rings. The molecule has 24 heavy (non-hydrogen) atoms. The monoisotopic (exact) mass is 322 g/mol. The van der Waals surface area contributed by atoms with E-state index in [9.17, 15) is 9.90 Å². The van der Waals surface area contributed by atoms with E-state index in [4.69, 9.17) is 0 Å². The fraction of sp³-hybridized carbons (Fsp3) is 0.250. The van der Waals surface area contributed by atoms with Crippen molar-refractivity contribution in [3.8, 4) is 0 Å². The first-order chi connectivity index (χ1) is 11.7. The fourth-order valence-corrected chi connectivity index (χ4v) is 3.04. The number of aliphatic hydroxyl groups excluding tert-OH is 1. The van der Waals surface area contributed by atoms with Crippen LogP contribution in [0.2, 0.25) is 0 Å². The van der Waals surface area contributed by atoms with Gasteiger partial charge in [0.05, 0.1) is 5.52 Å². The number of carbonyl (C=O) groups is 1. The molecule has 0 saturated heterocycles. The van der Waals surface area contributed by atoms with Gasteiger partial charge in [-0.15, -0.1) is 0 Å². The maximum atomic E-state index is 12.8. The molecule has 0 radical (unpaired) electrons. The van der Waals surface area contributed by atoms with Crippen LogP contribution in [0.3, 0.4) is 0 Å². The van der Waals surface area contributed by atoms with Crippen molar-refractivity contribution in [1.29, 1.82) is 0 Å². The molecule has 4 heteroatoms. The number of fused-ring (bicyclic) bond motifs is 1. The Balaban J connectivity index is 2.12. The van der Waals surface area contributed by atoms with E-state index >= 15 is 0 Å². The second-order valence-corrected chi connectivity index (χ2v) is 5.74. The third-order valence-electron chi connectivity index (χ3n) is 4.39. The molecule has 0 bridgehead atoms. The third kappa shape index (κ3) is 2.81. The lowest BCUT2D eigenvalue weighted by Crippen LogP contribution is -2.33. The molecular formula is C20H22N2O2. The average Bonchev–Trinajstić information content (AvgIpc) is 3.02. The highest BCUT2D eigenvalue weighted by Crippen LogP contribution is 2.30. The molecule has 4 nitrogen and oxygen atoms in total. The van der Waals surface area contributed by atoms with E-state index in [2.05, 4.69) is 0 Å². The second-order valence-electron chi connectivity index (χ2n) is 5.74. The van der Waals surface area contributed by atoms with Gasteiger partial charge in [0.25, 0.3) is 0 Å². The molecular weight excluding hydrogens is 300 g/mol. The van der Waals surface area contributed by atoms with E-state index < -0.39 is 6.10 Å². The average molecular weight is 322 g/mol. The van der Waals surface area contributed by atoms with E-state index in [0.29, 0.717) is 13.1 Å². The molecule has 1 amide bonds. The number of amides is 1. The summed E-state index contributed by atoms with van der Waals surface area (Å²) in [6, 6.07) is 17.1. The number of aliphatic hydroxyl groups is 1. The molecule has 0 aliphatic rings. The molecule has 0 saturated carbocycles. The first-order valence-electron chi connectivity index (χ1n) is 8.29. The summed E-state index contributed by atoms with van der Waals surface area (Å²) in [7, 11) is 0. The van der Waals surface area contributed by atoms with Gasteiger partial charge in [0, 0.05) is 30.2 Å². The quantitative estimate of drug-likeness (QED) is 0.788. The minimum atomic E-state index is -0.762. The van der Waals surface area contributed by atoms with Crippen LogP contribution in [-0.2, 0) is 0 Å². The van der Waals surface area contributed by atoms with E-state index in [1.807, 2.05) is 68.4 Å². The van der Waals surface area contributed by atoms with Gasteiger partial charge in [-0.25, -0.2) is 4.79 Å². The van der Waals surface area contributed by atoms with Crippen LogP contribution < -0.4 is 0 Å². The predicted molar refractivity (Wildman–Crippen MR) is 96.2 cm³/mol. The highest BCUT2D eigenvalue weighted by Gasteiger charge is 2.21. The van der Waals surface area contributed by atoms with Gasteiger partial charge in [-0.2, -0.15) is 0 Å². The number of nitrogens with zero attached hydrogens (tertiary/aromatic N) is 2. The molecule has 2 aromatic carbocycles. The minimum absolute atomic E-state index is 0.0669. The number of aromatic nitrogens is 1. The van der Waals surface area contributed by atoms with Gasteiger partial charge >= 0.3 is 6.03 Å². The number of carbonyl (C=O) groups excluding carboxylic acids is 1. The van der Waals surface area contributed by atoms with E-state index in [1.165, 1.54) is 0 Å². The molecule has 1 unspecified atom stereocenters. The molecule has 124 valence electrons. The Morgan fingerprint density at radius 2 is 1.67 bits per heavy atom. The molecule has 3 rings (SSSR count). The van der Waals surface area contributed by atoms with Crippen LogP contribution >= 0.6 is 0 Å². The summed E-state index contributed by atoms with van der Waals surface area (Å²) in [5.41, 5.74) is 2.38. The van der Waals surface area contributed by atoms with Crippen LogP contribution in [0.4, 0.5) is 4.79 Å². The largest absolute Gasteiger partial charge is 0.384 e. The van der Waals surface area contributed by atoms with Crippen LogP contribution in [0.15, 0.2) is 60.8 Å². The van der Waals surface area contributed by atoms with Crippen molar-refractivity contribution in [3.05, 3.63) is 71.9 Å². The zero-order valence-corrected chi connectivity index (χ0v) is 14.0. The first-order valence-corrected chi connectivity index (χ1v) is 8.29. The van der Waals surface area contributed by atoms with Crippen LogP contribution in [0.1, 0.15) is 31.1 Å². The Morgan fingerprint density at radius 1 is 1.04 bits per heavy atom. The molecule has 1 heterocycles. The number of hydrogen-bond acceptors (Lipinski definition) is 2. The summed E-state index contributed by atoms with van der Waals surface area (Å²) in [5, 5.41) is 11.7. The zero-order valence-electron chi connectivity index (χ0n) is 14.0. The zero-order chi connectivity index (χ0) is 17.1. The topological polar surface area (TPSA) is 45.5 Å². The smallest absolute Gasteiger partial charge is 0.328 e. The summed E-state index contributed by atoms with van der Waals surface area (Å²) < 4.78 is 1.64. The van der Waals surface area contributed by atoms with Gasteiger partial charge in [0.2, 0.25) is 0 Å². The Labute approximate surface area is 141 Å². The van der Waals surface area contributed by atoms with E-state index in [1.54, 1.807) is 15.7 Å². The van der Waals surface area contributed by atoms with Gasteiger partial charge in [0.1, 0.15) is 6.10 Å². The maximum Gasteiger partial charge on any atom is 0.328 e. The summed E-state index contributed by atoms with van der Waals surface area (Å²) in [4.78, 5) is 14.6. The number of benzene rings is 2. The number of rotatable bonds is 4. The molecule has 1 aromatic heterocycles. The van der Waals surface area contributed by atoms with Crippen molar-refractivity contribution < 1.29 is 9.90 Å². The Bertz CT molecular complexity index is 835. The molecule has 0 aliphatic carbocycles. The van der Waals surface area contributed by atoms with Crippen LogP contribution in [-0.4, -0.2) is 33.7 Å². The SMILES string of the molecule is CCN(CC)C(=O)n1cc(C(O)c2ccccc2)c2ccccc21. The van der Waals surface area contributed by atoms with Crippen molar-refractivity contribution >= 4 is 16.9 Å². The number of para-hydroxylation sites is 1. The molecule has 3 aromatic rings. The van der Waals surface area contributed by atoms with Gasteiger partial charge in [0.15, 0.2) is 0 Å². The van der Waals surface area contributed by atoms with Crippen molar-refractivity contribution in [2.24, 2.45) is 0 Å². The van der Waals surface area contributed by atoms with Crippen LogP contribution in [0, 0.1) is 0 Å². The summed E-state index contributed by atoms with van der Waals surface area (Å²) in [6.07, 6.45) is 1.00. The van der Waals surface area contributed by atoms with E-state index in [0.717, 1.165) is 22.0 Å². The lowest BCUT2D eigenvalue weighted by molar-refractivity contribution is 0.205. The van der Waals surface area contributed by atoms with Crippen molar-refractivity contribution in [2.75, 3.05) is 13.1 Å². The summed E-state index contributed by atoms with van der Waals surface area (Å²) in [6.45, 7) is 5.23. The first kappa shape index (κ1) is 16.3. The Hall–Kier alpha value is -2.59. The van der Waals surface area contributed by atoms with Crippen molar-refractivity contribution in [1.82, 2.24) is 9.47 Å². The molecule has 1 atom stereocenters. The Kier molecular flexibility index (Phi) is 4.67. The molecule has 0 aliphatic heterocycles. The predicted octanol–water partition coefficient (Wildman–Crippen LogP) is 4.03. The fourth-order valence-electron chi connectivity index (χ4n) is 3.04. The van der Waals surface area contributed by atoms with Gasteiger partial charge in [-0.3, -0.25) is 4.57 Å². The standard InChI is InChI=1S/C20H22N2O2/c1-3-21(4-2)20(24)22-14-17(16-12-8-9-13-18(16)22)19(23)15-10-6-5-7-11-15/h5-14,19,23H,3-4H2,1-2H3. The summed E-state index contributed by atoms with van der Waals surface area (Å²) in [5.74, 6) is 0. The third-order valence-corrected chi connectivity index (χ3v) is 4.39. The van der Waals surface area contributed by atoms with Crippen LogP contribution in [0.25, 0.3) is 10.9 Å². The van der Waals surface area contributed by atoms with E-state index in [-0.39, 0.29) is 6.03 Å². The number of hydrogen-bond donors (Lipinski definition) is 1. The lowest BCUT2D eigenvalue weighted by atomic mass is 10.0. The normalized spacial score (nSPS) is 12.3. The van der Waals surface area contributed by atoms with Gasteiger partial charge in [-0.05, 0) is 25.5 Å². The lowest BCUT2D eigenvalue weighted by Gasteiger charge is -2.19. The summed E-state index contributed by atoms with van der Waals surface area (Å²) >= 11 is 0. The molecule has 0 spiro atoms. The minimum Gasteiger partial charge on any atom is -0.384 e. The van der Waals surface area contributed by atoms with Crippen molar-refractivity contribution in [3.63, 3.8) is 0 Å². The second kappa shape index (κ2) is 6.89. The van der Waals surface area contributed by atoms with Crippen molar-refractivity contribution in [2.45, 2.75) is 20.0 Å². The van der Waals surface area contributed by atoms with Gasteiger partial charge < -0.3 is 10.0 Å². The maximum absolute atomic E-state index is 12.8. The van der Waals surface area contributed by atoms with Gasteiger partial charge in [-0.1, -0.05) is 48.5 Å². The highest BCUT2D eigenvalue weighted by atomic mass is 16.3.